The molecule has 0 aliphatic heterocycles. The molecule has 2 aromatic rings. The summed E-state index contributed by atoms with van der Waals surface area (Å²) in [7, 11) is 0. The van der Waals surface area contributed by atoms with Crippen molar-refractivity contribution in [1.29, 1.82) is 0 Å². The molecule has 0 saturated heterocycles. The van der Waals surface area contributed by atoms with E-state index in [-0.39, 0.29) is 11.4 Å². The molecule has 1 aromatic carbocycles. The number of carbonyl (C=O) groups is 1. The van der Waals surface area contributed by atoms with Crippen molar-refractivity contribution >= 4 is 29.1 Å². The molecule has 5 nitrogen and oxygen atoms in total. The first-order valence-electron chi connectivity index (χ1n) is 5.16. The molecule has 2 N–H and O–H groups in total. The van der Waals surface area contributed by atoms with E-state index >= 15 is 0 Å². The molecular weight excluding hydrogens is 254 g/mol. The Morgan fingerprint density at radius 3 is 2.78 bits per heavy atom. The van der Waals surface area contributed by atoms with Gasteiger partial charge < -0.3 is 10.4 Å². The standard InChI is InChI=1S/C12H10ClN3O2/c1-7-14-6-8(12(17)18)11(15-7)16-10-5-3-2-4-9(10)13/h2-6H,1H3,(H,17,18)(H,14,15,16). The second kappa shape index (κ2) is 5.01. The van der Waals surface area contributed by atoms with Crippen LogP contribution >= 0.6 is 11.6 Å². The van der Waals surface area contributed by atoms with Gasteiger partial charge in [-0.25, -0.2) is 14.8 Å². The number of carboxylic acids is 1. The molecule has 0 saturated carbocycles. The monoisotopic (exact) mass is 263 g/mol. The molecule has 0 amide bonds. The number of aromatic carboxylic acids is 1. The van der Waals surface area contributed by atoms with Gasteiger partial charge in [0.25, 0.3) is 0 Å². The molecular formula is C12H10ClN3O2. The Morgan fingerprint density at radius 1 is 1.39 bits per heavy atom. The van der Waals surface area contributed by atoms with Gasteiger partial charge in [-0.05, 0) is 19.1 Å². The summed E-state index contributed by atoms with van der Waals surface area (Å²) in [5.74, 6) is -0.387. The SMILES string of the molecule is Cc1ncc(C(=O)O)c(Nc2ccccc2Cl)n1. The smallest absolute Gasteiger partial charge is 0.341 e. The number of aromatic nitrogens is 2. The fourth-order valence-electron chi connectivity index (χ4n) is 1.41. The normalized spacial score (nSPS) is 10.1. The summed E-state index contributed by atoms with van der Waals surface area (Å²) in [6, 6.07) is 7.03. The predicted molar refractivity (Wildman–Crippen MR) is 68.5 cm³/mol. The Balaban J connectivity index is 2.42. The minimum absolute atomic E-state index is 0.000481. The van der Waals surface area contributed by atoms with Crippen LogP contribution in [0.2, 0.25) is 5.02 Å². The highest BCUT2D eigenvalue weighted by Crippen LogP contribution is 2.25. The summed E-state index contributed by atoms with van der Waals surface area (Å²) in [6.45, 7) is 1.68. The summed E-state index contributed by atoms with van der Waals surface area (Å²) in [5.41, 5.74) is 0.597. The molecule has 0 aliphatic rings. The maximum atomic E-state index is 11.1. The van der Waals surface area contributed by atoms with Crippen LogP contribution in [0.5, 0.6) is 0 Å². The summed E-state index contributed by atoms with van der Waals surface area (Å²) < 4.78 is 0. The zero-order valence-electron chi connectivity index (χ0n) is 9.51. The zero-order chi connectivity index (χ0) is 13.1. The molecule has 0 radical (unpaired) electrons. The van der Waals surface area contributed by atoms with Gasteiger partial charge in [0.15, 0.2) is 0 Å². The van der Waals surface area contributed by atoms with Crippen LogP contribution in [0.1, 0.15) is 16.2 Å². The van der Waals surface area contributed by atoms with Crippen molar-refractivity contribution in [3.8, 4) is 0 Å². The van der Waals surface area contributed by atoms with Gasteiger partial charge in [-0.15, -0.1) is 0 Å². The number of aryl methyl sites for hydroxylation is 1. The van der Waals surface area contributed by atoms with E-state index in [4.69, 9.17) is 16.7 Å². The first kappa shape index (κ1) is 12.3. The van der Waals surface area contributed by atoms with E-state index in [1.807, 2.05) is 0 Å². The molecule has 0 spiro atoms. The van der Waals surface area contributed by atoms with Crippen LogP contribution in [-0.2, 0) is 0 Å². The first-order chi connectivity index (χ1) is 8.58. The maximum Gasteiger partial charge on any atom is 0.341 e. The lowest BCUT2D eigenvalue weighted by molar-refractivity contribution is 0.0697. The molecule has 92 valence electrons. The number of hydrogen-bond donors (Lipinski definition) is 2. The predicted octanol–water partition coefficient (Wildman–Crippen LogP) is 2.88. The maximum absolute atomic E-state index is 11.1. The molecule has 0 bridgehead atoms. The van der Waals surface area contributed by atoms with Gasteiger partial charge in [-0.1, -0.05) is 23.7 Å². The number of nitrogens with one attached hydrogen (secondary N) is 1. The van der Waals surface area contributed by atoms with Gasteiger partial charge in [0, 0.05) is 6.20 Å². The second-order valence-corrected chi connectivity index (χ2v) is 4.00. The van der Waals surface area contributed by atoms with E-state index in [9.17, 15) is 4.79 Å². The molecule has 0 fully saturated rings. The van der Waals surface area contributed by atoms with E-state index in [0.29, 0.717) is 16.5 Å². The Labute approximate surface area is 108 Å². The van der Waals surface area contributed by atoms with Crippen molar-refractivity contribution in [1.82, 2.24) is 9.97 Å². The number of benzene rings is 1. The van der Waals surface area contributed by atoms with E-state index in [1.165, 1.54) is 6.20 Å². The van der Waals surface area contributed by atoms with E-state index in [0.717, 1.165) is 0 Å². The third-order valence-electron chi connectivity index (χ3n) is 2.27. The Bertz CT molecular complexity index is 602. The number of carboxylic acid groups (broad SMARTS) is 1. The van der Waals surface area contributed by atoms with Crippen molar-refractivity contribution in [2.24, 2.45) is 0 Å². The number of nitrogens with zero attached hydrogens (tertiary/aromatic N) is 2. The van der Waals surface area contributed by atoms with Crippen LogP contribution in [-0.4, -0.2) is 21.0 Å². The van der Waals surface area contributed by atoms with Crippen molar-refractivity contribution in [2.75, 3.05) is 5.32 Å². The minimum atomic E-state index is -1.09. The number of rotatable bonds is 3. The van der Waals surface area contributed by atoms with Crippen LogP contribution in [0, 0.1) is 6.92 Å². The highest BCUT2D eigenvalue weighted by molar-refractivity contribution is 6.33. The average Bonchev–Trinajstić information content (AvgIpc) is 2.32. The molecule has 0 aliphatic carbocycles. The number of halogens is 1. The van der Waals surface area contributed by atoms with Gasteiger partial charge in [0.1, 0.15) is 17.2 Å². The minimum Gasteiger partial charge on any atom is -0.477 e. The summed E-state index contributed by atoms with van der Waals surface area (Å²) in [6.07, 6.45) is 1.27. The highest BCUT2D eigenvalue weighted by atomic mass is 35.5. The average molecular weight is 264 g/mol. The highest BCUT2D eigenvalue weighted by Gasteiger charge is 2.13. The molecule has 2 rings (SSSR count). The largest absolute Gasteiger partial charge is 0.477 e. The Morgan fingerprint density at radius 2 is 2.11 bits per heavy atom. The topological polar surface area (TPSA) is 75.1 Å². The van der Waals surface area contributed by atoms with Gasteiger partial charge in [0.2, 0.25) is 0 Å². The number of hydrogen-bond acceptors (Lipinski definition) is 4. The van der Waals surface area contributed by atoms with Gasteiger partial charge in [-0.2, -0.15) is 0 Å². The molecule has 0 atom stereocenters. The first-order valence-corrected chi connectivity index (χ1v) is 5.54. The van der Waals surface area contributed by atoms with Gasteiger partial charge in [-0.3, -0.25) is 0 Å². The fraction of sp³-hybridized carbons (Fsp3) is 0.0833. The number of para-hydroxylation sites is 1. The molecule has 1 heterocycles. The van der Waals surface area contributed by atoms with Crippen LogP contribution in [0.25, 0.3) is 0 Å². The van der Waals surface area contributed by atoms with E-state index in [2.05, 4.69) is 15.3 Å². The van der Waals surface area contributed by atoms with Crippen LogP contribution in [0.3, 0.4) is 0 Å². The molecule has 6 heteroatoms. The van der Waals surface area contributed by atoms with Crippen LogP contribution in [0.4, 0.5) is 11.5 Å². The lowest BCUT2D eigenvalue weighted by Crippen LogP contribution is -2.07. The third-order valence-corrected chi connectivity index (χ3v) is 2.60. The van der Waals surface area contributed by atoms with E-state index < -0.39 is 5.97 Å². The zero-order valence-corrected chi connectivity index (χ0v) is 10.3. The lowest BCUT2D eigenvalue weighted by Gasteiger charge is -2.10. The van der Waals surface area contributed by atoms with Crippen molar-refractivity contribution in [2.45, 2.75) is 6.92 Å². The second-order valence-electron chi connectivity index (χ2n) is 3.59. The van der Waals surface area contributed by atoms with Crippen LogP contribution in [0.15, 0.2) is 30.5 Å². The van der Waals surface area contributed by atoms with Crippen LogP contribution < -0.4 is 5.32 Å². The Kier molecular flexibility index (Phi) is 3.43. The molecule has 1 aromatic heterocycles. The van der Waals surface area contributed by atoms with Gasteiger partial charge >= 0.3 is 5.97 Å². The van der Waals surface area contributed by atoms with Crippen molar-refractivity contribution in [3.05, 3.63) is 46.9 Å². The van der Waals surface area contributed by atoms with Crippen molar-refractivity contribution < 1.29 is 9.90 Å². The quantitative estimate of drug-likeness (QED) is 0.891. The summed E-state index contributed by atoms with van der Waals surface area (Å²) >= 11 is 5.99. The molecule has 0 unspecified atom stereocenters. The summed E-state index contributed by atoms with van der Waals surface area (Å²) in [4.78, 5) is 19.0. The van der Waals surface area contributed by atoms with Crippen molar-refractivity contribution in [3.63, 3.8) is 0 Å². The lowest BCUT2D eigenvalue weighted by atomic mass is 10.2. The molecule has 18 heavy (non-hydrogen) atoms. The fourth-order valence-corrected chi connectivity index (χ4v) is 1.59. The van der Waals surface area contributed by atoms with Gasteiger partial charge in [0.05, 0.1) is 10.7 Å². The number of anilines is 2. The summed E-state index contributed by atoms with van der Waals surface area (Å²) in [5, 5.41) is 12.4. The van der Waals surface area contributed by atoms with E-state index in [1.54, 1.807) is 31.2 Å². The Hall–Kier alpha value is -2.14. The third kappa shape index (κ3) is 2.57.